The molecule has 0 atom stereocenters. The van der Waals surface area contributed by atoms with Crippen LogP contribution in [0.2, 0.25) is 0 Å². The number of nitrogens with zero attached hydrogens (tertiary/aromatic N) is 3. The summed E-state index contributed by atoms with van der Waals surface area (Å²) >= 11 is 0. The van der Waals surface area contributed by atoms with E-state index in [9.17, 15) is 4.79 Å². The third-order valence-corrected chi connectivity index (χ3v) is 4.30. The van der Waals surface area contributed by atoms with Gasteiger partial charge in [0.05, 0.1) is 23.0 Å². The zero-order chi connectivity index (χ0) is 14.3. The minimum atomic E-state index is -0.376. The summed E-state index contributed by atoms with van der Waals surface area (Å²) in [6, 6.07) is 1.92. The lowest BCUT2D eigenvalue weighted by molar-refractivity contribution is -0.129. The van der Waals surface area contributed by atoms with E-state index in [1.165, 1.54) is 0 Å². The second kappa shape index (κ2) is 4.56. The molecule has 1 aliphatic carbocycles. The van der Waals surface area contributed by atoms with Gasteiger partial charge in [-0.2, -0.15) is 5.10 Å². The first-order valence-electron chi connectivity index (χ1n) is 6.87. The molecule has 0 spiro atoms. The number of rotatable bonds is 3. The van der Waals surface area contributed by atoms with E-state index in [2.05, 4.69) is 15.4 Å². The number of hydrogen-bond donors (Lipinski definition) is 2. The van der Waals surface area contributed by atoms with Crippen LogP contribution in [0.4, 0.5) is 5.69 Å². The van der Waals surface area contributed by atoms with Crippen molar-refractivity contribution in [3.05, 3.63) is 18.0 Å². The molecule has 1 saturated carbocycles. The molecule has 3 rings (SSSR count). The number of fused-ring (bicyclic) bond motifs is 1. The molecule has 6 nitrogen and oxygen atoms in total. The van der Waals surface area contributed by atoms with Crippen LogP contribution in [-0.4, -0.2) is 27.2 Å². The van der Waals surface area contributed by atoms with Crippen molar-refractivity contribution in [3.8, 4) is 0 Å². The van der Waals surface area contributed by atoms with Crippen molar-refractivity contribution in [2.45, 2.75) is 26.2 Å². The molecule has 0 bridgehead atoms. The molecule has 1 fully saturated rings. The average molecular weight is 273 g/mol. The van der Waals surface area contributed by atoms with Crippen molar-refractivity contribution in [1.29, 1.82) is 0 Å². The van der Waals surface area contributed by atoms with Crippen LogP contribution in [0.25, 0.3) is 11.0 Å². The smallest absolute Gasteiger partial charge is 0.231 e. The number of nitrogens with two attached hydrogens (primary N) is 1. The van der Waals surface area contributed by atoms with Gasteiger partial charge in [0.25, 0.3) is 0 Å². The summed E-state index contributed by atoms with van der Waals surface area (Å²) in [6.07, 6.45) is 4.49. The molecule has 3 N–H and O–H groups in total. The molecule has 106 valence electrons. The molecule has 20 heavy (non-hydrogen) atoms. The average Bonchev–Trinajstić information content (AvgIpc) is 2.64. The van der Waals surface area contributed by atoms with E-state index >= 15 is 0 Å². The third kappa shape index (κ3) is 1.87. The van der Waals surface area contributed by atoms with Gasteiger partial charge in [-0.25, -0.2) is 4.98 Å². The number of aromatic nitrogens is 3. The fourth-order valence-corrected chi connectivity index (χ4v) is 2.77. The summed E-state index contributed by atoms with van der Waals surface area (Å²) in [5.41, 5.74) is 7.81. The van der Waals surface area contributed by atoms with E-state index in [-0.39, 0.29) is 11.3 Å². The first-order valence-corrected chi connectivity index (χ1v) is 6.87. The van der Waals surface area contributed by atoms with E-state index < -0.39 is 0 Å². The molecule has 1 aliphatic rings. The second-order valence-corrected chi connectivity index (χ2v) is 5.60. The highest BCUT2D eigenvalue weighted by Crippen LogP contribution is 2.40. The quantitative estimate of drug-likeness (QED) is 0.883. The third-order valence-electron chi connectivity index (χ3n) is 4.30. The van der Waals surface area contributed by atoms with E-state index in [0.29, 0.717) is 12.2 Å². The summed E-state index contributed by atoms with van der Waals surface area (Å²) < 4.78 is 1.74. The van der Waals surface area contributed by atoms with Crippen LogP contribution in [-0.2, 0) is 11.8 Å². The molecule has 2 aromatic rings. The number of hydrogen-bond acceptors (Lipinski definition) is 4. The van der Waals surface area contributed by atoms with Crippen molar-refractivity contribution in [2.24, 2.45) is 18.2 Å². The molecular formula is C14H19N5O. The van der Waals surface area contributed by atoms with Gasteiger partial charge in [-0.3, -0.25) is 9.48 Å². The van der Waals surface area contributed by atoms with Gasteiger partial charge < -0.3 is 11.1 Å². The lowest BCUT2D eigenvalue weighted by Crippen LogP contribution is -2.47. The Morgan fingerprint density at radius 3 is 2.90 bits per heavy atom. The molecule has 2 aromatic heterocycles. The molecule has 2 heterocycles. The Morgan fingerprint density at radius 2 is 2.30 bits per heavy atom. The van der Waals surface area contributed by atoms with E-state index in [0.717, 1.165) is 36.0 Å². The maximum absolute atomic E-state index is 12.3. The Morgan fingerprint density at radius 1 is 1.55 bits per heavy atom. The van der Waals surface area contributed by atoms with Gasteiger partial charge in [0, 0.05) is 19.0 Å². The van der Waals surface area contributed by atoms with Gasteiger partial charge >= 0.3 is 0 Å². The first-order chi connectivity index (χ1) is 9.55. The number of pyridine rings is 1. The number of aryl methyl sites for hydroxylation is 2. The molecule has 0 radical (unpaired) electrons. The van der Waals surface area contributed by atoms with Crippen molar-refractivity contribution in [1.82, 2.24) is 14.8 Å². The maximum atomic E-state index is 12.3. The first kappa shape index (κ1) is 13.1. The molecule has 0 unspecified atom stereocenters. The SMILES string of the molecule is Cc1nn(C)c2ncc(NC(=O)C3(CN)CCC3)cc12. The molecule has 1 amide bonds. The predicted octanol–water partition coefficient (Wildman–Crippen LogP) is 1.34. The highest BCUT2D eigenvalue weighted by atomic mass is 16.2. The number of amides is 1. The Bertz CT molecular complexity index is 666. The van der Waals surface area contributed by atoms with E-state index in [4.69, 9.17) is 5.73 Å². The monoisotopic (exact) mass is 273 g/mol. The fraction of sp³-hybridized carbons (Fsp3) is 0.500. The van der Waals surface area contributed by atoms with Crippen molar-refractivity contribution in [3.63, 3.8) is 0 Å². The topological polar surface area (TPSA) is 85.8 Å². The van der Waals surface area contributed by atoms with Crippen LogP contribution >= 0.6 is 0 Å². The van der Waals surface area contributed by atoms with Crippen LogP contribution < -0.4 is 11.1 Å². The van der Waals surface area contributed by atoms with E-state index in [1.807, 2.05) is 20.0 Å². The number of carbonyl (C=O) groups excluding carboxylic acids is 1. The molecule has 6 heteroatoms. The predicted molar refractivity (Wildman–Crippen MR) is 77.2 cm³/mol. The Labute approximate surface area is 117 Å². The summed E-state index contributed by atoms with van der Waals surface area (Å²) in [4.78, 5) is 16.7. The second-order valence-electron chi connectivity index (χ2n) is 5.60. The largest absolute Gasteiger partial charge is 0.329 e. The van der Waals surface area contributed by atoms with Gasteiger partial charge in [0.2, 0.25) is 5.91 Å². The van der Waals surface area contributed by atoms with Crippen LogP contribution in [0.15, 0.2) is 12.3 Å². The summed E-state index contributed by atoms with van der Waals surface area (Å²) in [5, 5.41) is 8.23. The zero-order valence-corrected chi connectivity index (χ0v) is 11.8. The normalized spacial score (nSPS) is 16.9. The highest BCUT2D eigenvalue weighted by molar-refractivity contribution is 5.97. The molecule has 0 saturated heterocycles. The van der Waals surface area contributed by atoms with Crippen LogP contribution in [0.5, 0.6) is 0 Å². The highest BCUT2D eigenvalue weighted by Gasteiger charge is 2.42. The Hall–Kier alpha value is -1.95. The standard InChI is InChI=1S/C14H19N5O/c1-9-11-6-10(7-16-12(11)19(2)18-9)17-13(20)14(8-15)4-3-5-14/h6-7H,3-5,8,15H2,1-2H3,(H,17,20). The van der Waals surface area contributed by atoms with Crippen molar-refractivity contribution in [2.75, 3.05) is 11.9 Å². The number of anilines is 1. The summed E-state index contributed by atoms with van der Waals surface area (Å²) in [5.74, 6) is 0.00828. The molecule has 0 aliphatic heterocycles. The molecule has 0 aromatic carbocycles. The van der Waals surface area contributed by atoms with Gasteiger partial charge in [0.1, 0.15) is 0 Å². The van der Waals surface area contributed by atoms with Gasteiger partial charge in [-0.15, -0.1) is 0 Å². The fourth-order valence-electron chi connectivity index (χ4n) is 2.77. The Kier molecular flexibility index (Phi) is 2.97. The van der Waals surface area contributed by atoms with E-state index in [1.54, 1.807) is 10.9 Å². The minimum Gasteiger partial charge on any atom is -0.329 e. The van der Waals surface area contributed by atoms with Crippen molar-refractivity contribution < 1.29 is 4.79 Å². The minimum absolute atomic E-state index is 0.00828. The summed E-state index contributed by atoms with van der Waals surface area (Å²) in [7, 11) is 1.86. The van der Waals surface area contributed by atoms with Gasteiger partial charge in [-0.1, -0.05) is 6.42 Å². The lowest BCUT2D eigenvalue weighted by atomic mass is 9.68. The van der Waals surface area contributed by atoms with Crippen molar-refractivity contribution >= 4 is 22.6 Å². The zero-order valence-electron chi connectivity index (χ0n) is 11.8. The number of nitrogens with one attached hydrogen (secondary N) is 1. The van der Waals surface area contributed by atoms with Crippen LogP contribution in [0, 0.1) is 12.3 Å². The number of carbonyl (C=O) groups is 1. The maximum Gasteiger partial charge on any atom is 0.231 e. The van der Waals surface area contributed by atoms with Crippen LogP contribution in [0.1, 0.15) is 25.0 Å². The lowest BCUT2D eigenvalue weighted by Gasteiger charge is -2.39. The van der Waals surface area contributed by atoms with Gasteiger partial charge in [-0.05, 0) is 25.8 Å². The van der Waals surface area contributed by atoms with Gasteiger partial charge in [0.15, 0.2) is 5.65 Å². The van der Waals surface area contributed by atoms with Crippen LogP contribution in [0.3, 0.4) is 0 Å². The summed E-state index contributed by atoms with van der Waals surface area (Å²) in [6.45, 7) is 2.34. The molecular weight excluding hydrogens is 254 g/mol. The Balaban J connectivity index is 1.88.